The molecule has 0 radical (unpaired) electrons. The molecular weight excluding hydrogens is 170 g/mol. The first-order valence-corrected chi connectivity index (χ1v) is 6.44. The summed E-state index contributed by atoms with van der Waals surface area (Å²) in [6.45, 7) is 2.45. The third-order valence-corrected chi connectivity index (χ3v) is 4.50. The maximum atomic E-state index is 5.99. The van der Waals surface area contributed by atoms with Gasteiger partial charge in [0.15, 0.2) is 0 Å². The number of hydrogen-bond donors (Lipinski definition) is 1. The molecule has 0 heterocycles. The molecule has 2 rings (SSSR count). The average molecular weight is 195 g/mol. The zero-order valence-corrected chi connectivity index (χ0v) is 9.60. The summed E-state index contributed by atoms with van der Waals surface area (Å²) in [5.41, 5.74) is 6.59. The van der Waals surface area contributed by atoms with E-state index in [2.05, 4.69) is 6.92 Å². The lowest BCUT2D eigenvalue weighted by Gasteiger charge is -2.25. The van der Waals surface area contributed by atoms with Gasteiger partial charge in [0.2, 0.25) is 0 Å². The van der Waals surface area contributed by atoms with Crippen LogP contribution in [-0.2, 0) is 0 Å². The fraction of sp³-hybridized carbons (Fsp3) is 1.00. The van der Waals surface area contributed by atoms with Crippen molar-refractivity contribution in [2.75, 3.05) is 0 Å². The number of rotatable bonds is 3. The Hall–Kier alpha value is -0.0400. The third-order valence-electron chi connectivity index (χ3n) is 4.50. The van der Waals surface area contributed by atoms with E-state index in [-0.39, 0.29) is 0 Å². The van der Waals surface area contributed by atoms with Crippen LogP contribution in [0, 0.1) is 11.3 Å². The van der Waals surface area contributed by atoms with E-state index in [0.29, 0.717) is 11.5 Å². The van der Waals surface area contributed by atoms with Crippen molar-refractivity contribution in [2.45, 2.75) is 70.8 Å². The van der Waals surface area contributed by atoms with Gasteiger partial charge in [-0.2, -0.15) is 0 Å². The molecule has 0 aromatic rings. The lowest BCUT2D eigenvalue weighted by atomic mass is 9.81. The molecule has 0 saturated heterocycles. The first kappa shape index (κ1) is 10.5. The minimum absolute atomic E-state index is 0.503. The van der Waals surface area contributed by atoms with E-state index in [4.69, 9.17) is 5.73 Å². The number of nitrogens with two attached hydrogens (primary N) is 1. The van der Waals surface area contributed by atoms with Gasteiger partial charge in [-0.05, 0) is 43.4 Å². The molecule has 2 saturated carbocycles. The molecule has 2 unspecified atom stereocenters. The van der Waals surface area contributed by atoms with Crippen LogP contribution in [0.5, 0.6) is 0 Å². The van der Waals surface area contributed by atoms with Gasteiger partial charge in [-0.3, -0.25) is 0 Å². The Morgan fingerprint density at radius 3 is 2.50 bits per heavy atom. The predicted molar refractivity (Wildman–Crippen MR) is 61.1 cm³/mol. The van der Waals surface area contributed by atoms with E-state index in [1.807, 2.05) is 0 Å². The molecule has 2 aliphatic carbocycles. The Labute approximate surface area is 88.4 Å². The van der Waals surface area contributed by atoms with Crippen molar-refractivity contribution in [3.8, 4) is 0 Å². The van der Waals surface area contributed by atoms with Gasteiger partial charge < -0.3 is 5.73 Å². The second-order valence-electron chi connectivity index (χ2n) is 6.00. The topological polar surface area (TPSA) is 26.0 Å². The Bertz CT molecular complexity index is 184. The summed E-state index contributed by atoms with van der Waals surface area (Å²) in [5.74, 6) is 1.06. The van der Waals surface area contributed by atoms with Crippen LogP contribution < -0.4 is 5.73 Å². The molecule has 1 nitrogen and oxygen atoms in total. The highest BCUT2D eigenvalue weighted by Crippen LogP contribution is 2.43. The molecule has 0 amide bonds. The zero-order chi connectivity index (χ0) is 10.0. The molecule has 2 aliphatic rings. The van der Waals surface area contributed by atoms with E-state index in [9.17, 15) is 0 Å². The summed E-state index contributed by atoms with van der Waals surface area (Å²) in [6, 6.07) is 0.503. The van der Waals surface area contributed by atoms with Crippen molar-refractivity contribution in [3.05, 3.63) is 0 Å². The van der Waals surface area contributed by atoms with Crippen molar-refractivity contribution in [1.29, 1.82) is 0 Å². The molecule has 82 valence electrons. The number of hydrogen-bond acceptors (Lipinski definition) is 1. The second-order valence-corrected chi connectivity index (χ2v) is 6.00. The molecule has 2 fully saturated rings. The first-order valence-electron chi connectivity index (χ1n) is 6.44. The predicted octanol–water partition coefficient (Wildman–Crippen LogP) is 3.47. The largest absolute Gasteiger partial charge is 0.328 e. The summed E-state index contributed by atoms with van der Waals surface area (Å²) in [6.07, 6.45) is 12.8. The first-order chi connectivity index (χ1) is 6.68. The van der Waals surface area contributed by atoms with Gasteiger partial charge in [-0.25, -0.2) is 0 Å². The molecule has 0 spiro atoms. The highest BCUT2D eigenvalue weighted by atomic mass is 14.7. The molecule has 1 heteroatoms. The normalized spacial score (nSPS) is 39.4. The van der Waals surface area contributed by atoms with Crippen molar-refractivity contribution >= 4 is 0 Å². The molecular formula is C13H25N. The highest BCUT2D eigenvalue weighted by molar-refractivity contribution is 4.88. The van der Waals surface area contributed by atoms with Crippen molar-refractivity contribution in [2.24, 2.45) is 17.1 Å². The fourth-order valence-corrected chi connectivity index (χ4v) is 3.45. The van der Waals surface area contributed by atoms with Crippen LogP contribution in [0.15, 0.2) is 0 Å². The van der Waals surface area contributed by atoms with Crippen LogP contribution in [0.4, 0.5) is 0 Å². The second kappa shape index (κ2) is 4.22. The monoisotopic (exact) mass is 195 g/mol. The van der Waals surface area contributed by atoms with Gasteiger partial charge in [0, 0.05) is 6.04 Å². The van der Waals surface area contributed by atoms with Crippen LogP contribution in [0.2, 0.25) is 0 Å². The quantitative estimate of drug-likeness (QED) is 0.733. The van der Waals surface area contributed by atoms with Crippen molar-refractivity contribution in [3.63, 3.8) is 0 Å². The molecule has 0 bridgehead atoms. The Kier molecular flexibility index (Phi) is 3.16. The minimum atomic E-state index is 0.503. The smallest absolute Gasteiger partial charge is 0.00442 e. The van der Waals surface area contributed by atoms with Gasteiger partial charge in [-0.1, -0.05) is 32.6 Å². The van der Waals surface area contributed by atoms with E-state index in [1.165, 1.54) is 57.8 Å². The van der Waals surface area contributed by atoms with Gasteiger partial charge in [0.1, 0.15) is 0 Å². The van der Waals surface area contributed by atoms with Crippen molar-refractivity contribution < 1.29 is 0 Å². The van der Waals surface area contributed by atoms with E-state index < -0.39 is 0 Å². The minimum Gasteiger partial charge on any atom is -0.328 e. The van der Waals surface area contributed by atoms with Gasteiger partial charge in [0.05, 0.1) is 0 Å². The average Bonchev–Trinajstić information content (AvgIpc) is 2.73. The van der Waals surface area contributed by atoms with Gasteiger partial charge in [0.25, 0.3) is 0 Å². The molecule has 0 aromatic heterocycles. The van der Waals surface area contributed by atoms with Crippen LogP contribution in [0.25, 0.3) is 0 Å². The summed E-state index contributed by atoms with van der Waals surface area (Å²) in [7, 11) is 0. The van der Waals surface area contributed by atoms with Crippen LogP contribution in [-0.4, -0.2) is 6.04 Å². The van der Waals surface area contributed by atoms with Gasteiger partial charge >= 0.3 is 0 Å². The molecule has 2 N–H and O–H groups in total. The Balaban J connectivity index is 1.73. The van der Waals surface area contributed by atoms with Crippen LogP contribution >= 0.6 is 0 Å². The maximum absolute atomic E-state index is 5.99. The molecule has 0 aliphatic heterocycles. The van der Waals surface area contributed by atoms with E-state index >= 15 is 0 Å². The fourth-order valence-electron chi connectivity index (χ4n) is 3.45. The van der Waals surface area contributed by atoms with Crippen LogP contribution in [0.3, 0.4) is 0 Å². The molecule has 14 heavy (non-hydrogen) atoms. The van der Waals surface area contributed by atoms with E-state index in [1.54, 1.807) is 0 Å². The molecule has 2 atom stereocenters. The third kappa shape index (κ3) is 2.50. The lowest BCUT2D eigenvalue weighted by Crippen LogP contribution is -2.19. The zero-order valence-electron chi connectivity index (χ0n) is 9.60. The van der Waals surface area contributed by atoms with E-state index in [0.717, 1.165) is 5.92 Å². The van der Waals surface area contributed by atoms with Gasteiger partial charge in [-0.15, -0.1) is 0 Å². The standard InChI is InChI=1S/C13H25N/c1-13(9-7-12(14)10-13)8-6-11-4-2-3-5-11/h11-12H,2-10,14H2,1H3. The molecule has 0 aromatic carbocycles. The summed E-state index contributed by atoms with van der Waals surface area (Å²) < 4.78 is 0. The van der Waals surface area contributed by atoms with Crippen LogP contribution in [0.1, 0.15) is 64.7 Å². The highest BCUT2D eigenvalue weighted by Gasteiger charge is 2.33. The summed E-state index contributed by atoms with van der Waals surface area (Å²) in [5, 5.41) is 0. The summed E-state index contributed by atoms with van der Waals surface area (Å²) >= 11 is 0. The Morgan fingerprint density at radius 2 is 1.93 bits per heavy atom. The van der Waals surface area contributed by atoms with Crippen molar-refractivity contribution in [1.82, 2.24) is 0 Å². The maximum Gasteiger partial charge on any atom is 0.00442 e. The Morgan fingerprint density at radius 1 is 1.21 bits per heavy atom. The summed E-state index contributed by atoms with van der Waals surface area (Å²) in [4.78, 5) is 0. The SMILES string of the molecule is CC1(CCC2CCCC2)CCC(N)C1. The lowest BCUT2D eigenvalue weighted by molar-refractivity contribution is 0.269.